The van der Waals surface area contributed by atoms with Crippen molar-refractivity contribution in [2.75, 3.05) is 11.1 Å². The monoisotopic (exact) mass is 310 g/mol. The topological polar surface area (TPSA) is 128 Å². The number of fused-ring (bicyclic) bond motifs is 1. The van der Waals surface area contributed by atoms with Gasteiger partial charge in [0.2, 0.25) is 5.91 Å². The van der Waals surface area contributed by atoms with E-state index in [1.807, 2.05) is 6.07 Å². The molecule has 0 fully saturated rings. The summed E-state index contributed by atoms with van der Waals surface area (Å²) in [6.45, 7) is 1.42. The van der Waals surface area contributed by atoms with Crippen molar-refractivity contribution in [3.63, 3.8) is 0 Å². The second-order valence-corrected chi connectivity index (χ2v) is 5.01. The highest BCUT2D eigenvalue weighted by molar-refractivity contribution is 6.01. The average molecular weight is 310 g/mol. The summed E-state index contributed by atoms with van der Waals surface area (Å²) in [6, 6.07) is 5.31. The molecule has 0 bridgehead atoms. The first-order chi connectivity index (χ1) is 11.0. The third-order valence-corrected chi connectivity index (χ3v) is 3.34. The summed E-state index contributed by atoms with van der Waals surface area (Å²) in [7, 11) is 0. The number of nitrogen functional groups attached to an aromatic ring is 1. The van der Waals surface area contributed by atoms with Gasteiger partial charge in [-0.15, -0.1) is 0 Å². The molecule has 116 valence electrons. The lowest BCUT2D eigenvalue weighted by atomic mass is 10.1. The number of pyridine rings is 1. The second-order valence-electron chi connectivity index (χ2n) is 5.01. The van der Waals surface area contributed by atoms with Crippen LogP contribution in [-0.2, 0) is 4.79 Å². The number of hydrogen-bond acceptors (Lipinski definition) is 5. The minimum absolute atomic E-state index is 0.182. The fourth-order valence-electron chi connectivity index (χ4n) is 2.25. The molecule has 8 nitrogen and oxygen atoms in total. The van der Waals surface area contributed by atoms with Crippen molar-refractivity contribution in [2.45, 2.75) is 6.92 Å². The van der Waals surface area contributed by atoms with Gasteiger partial charge in [0.05, 0.1) is 23.0 Å². The molecule has 8 heteroatoms. The molecule has 0 radical (unpaired) electrons. The number of rotatable bonds is 3. The normalized spacial score (nSPS) is 10.7. The number of carbonyl (C=O) groups is 2. The van der Waals surface area contributed by atoms with Crippen LogP contribution in [0.2, 0.25) is 0 Å². The van der Waals surface area contributed by atoms with Gasteiger partial charge in [-0.3, -0.25) is 9.59 Å². The van der Waals surface area contributed by atoms with Gasteiger partial charge < -0.3 is 16.8 Å². The van der Waals surface area contributed by atoms with E-state index in [9.17, 15) is 9.59 Å². The molecule has 5 N–H and O–H groups in total. The zero-order chi connectivity index (χ0) is 16.6. The van der Waals surface area contributed by atoms with Crippen LogP contribution in [0.15, 0.2) is 36.8 Å². The Balaban J connectivity index is 2.02. The van der Waals surface area contributed by atoms with Gasteiger partial charge >= 0.3 is 0 Å². The first-order valence-electron chi connectivity index (χ1n) is 6.76. The van der Waals surface area contributed by atoms with Gasteiger partial charge in [0, 0.05) is 30.4 Å². The number of anilines is 2. The van der Waals surface area contributed by atoms with Crippen LogP contribution in [0.1, 0.15) is 17.3 Å². The highest BCUT2D eigenvalue weighted by atomic mass is 16.1. The highest BCUT2D eigenvalue weighted by Gasteiger charge is 2.13. The third kappa shape index (κ3) is 2.69. The van der Waals surface area contributed by atoms with Crippen molar-refractivity contribution in [1.29, 1.82) is 0 Å². The van der Waals surface area contributed by atoms with Gasteiger partial charge in [0.1, 0.15) is 5.82 Å². The van der Waals surface area contributed by atoms with Gasteiger partial charge in [-0.2, -0.15) is 5.10 Å². The lowest BCUT2D eigenvalue weighted by Crippen LogP contribution is -2.15. The van der Waals surface area contributed by atoms with Crippen LogP contribution in [0.5, 0.6) is 0 Å². The molecule has 3 aromatic heterocycles. The fourth-order valence-corrected chi connectivity index (χ4v) is 2.25. The number of primary amides is 1. The Morgan fingerprint density at radius 3 is 2.61 bits per heavy atom. The minimum Gasteiger partial charge on any atom is -0.396 e. The van der Waals surface area contributed by atoms with Gasteiger partial charge in [0.15, 0.2) is 0 Å². The molecule has 0 saturated heterocycles. The Hall–Kier alpha value is -3.42. The summed E-state index contributed by atoms with van der Waals surface area (Å²) in [6.07, 6.45) is 4.74. The summed E-state index contributed by atoms with van der Waals surface area (Å²) in [5.41, 5.74) is 13.9. The Kier molecular flexibility index (Phi) is 3.41. The van der Waals surface area contributed by atoms with Crippen LogP contribution in [0.4, 0.5) is 11.5 Å². The van der Waals surface area contributed by atoms with E-state index < -0.39 is 5.91 Å². The number of nitrogens with zero attached hydrogens (tertiary/aromatic N) is 3. The fraction of sp³-hybridized carbons (Fsp3) is 0.0667. The maximum Gasteiger partial charge on any atom is 0.252 e. The molecule has 0 spiro atoms. The number of nitrogens with one attached hydrogen (secondary N) is 1. The van der Waals surface area contributed by atoms with E-state index in [0.29, 0.717) is 11.3 Å². The Labute approximate surface area is 131 Å². The lowest BCUT2D eigenvalue weighted by molar-refractivity contribution is -0.114. The predicted octanol–water partition coefficient (Wildman–Crippen LogP) is 1.04. The Morgan fingerprint density at radius 2 is 2.00 bits per heavy atom. The molecule has 3 rings (SSSR count). The van der Waals surface area contributed by atoms with E-state index in [4.69, 9.17) is 11.5 Å². The van der Waals surface area contributed by atoms with Crippen LogP contribution in [-0.4, -0.2) is 26.4 Å². The molecular formula is C15H14N6O2. The summed E-state index contributed by atoms with van der Waals surface area (Å²) in [5, 5.41) is 6.72. The van der Waals surface area contributed by atoms with Gasteiger partial charge in [-0.1, -0.05) is 0 Å². The Morgan fingerprint density at radius 1 is 1.22 bits per heavy atom. The number of carbonyl (C=O) groups excluding carboxylic acids is 2. The van der Waals surface area contributed by atoms with Crippen molar-refractivity contribution in [3.8, 4) is 11.1 Å². The van der Waals surface area contributed by atoms with Crippen molar-refractivity contribution < 1.29 is 9.59 Å². The summed E-state index contributed by atoms with van der Waals surface area (Å²) in [4.78, 5) is 26.5. The quantitative estimate of drug-likeness (QED) is 0.665. The van der Waals surface area contributed by atoms with Crippen molar-refractivity contribution in [1.82, 2.24) is 14.6 Å². The SMILES string of the molecule is CC(=O)Nc1ccc(-c2cc3c(N)c(C(N)=O)cnn3c2)cn1. The van der Waals surface area contributed by atoms with Crippen molar-refractivity contribution in [3.05, 3.63) is 42.4 Å². The van der Waals surface area contributed by atoms with E-state index in [1.165, 1.54) is 13.1 Å². The van der Waals surface area contributed by atoms with E-state index in [2.05, 4.69) is 15.4 Å². The molecule has 0 aliphatic heterocycles. The average Bonchev–Trinajstić information content (AvgIpc) is 2.92. The van der Waals surface area contributed by atoms with Crippen molar-refractivity contribution >= 4 is 28.8 Å². The van der Waals surface area contributed by atoms with Crippen LogP contribution in [0.25, 0.3) is 16.6 Å². The predicted molar refractivity (Wildman–Crippen MR) is 85.7 cm³/mol. The van der Waals surface area contributed by atoms with Crippen LogP contribution in [0, 0.1) is 0 Å². The molecule has 2 amide bonds. The van der Waals surface area contributed by atoms with E-state index >= 15 is 0 Å². The molecule has 0 aliphatic carbocycles. The van der Waals surface area contributed by atoms with Crippen LogP contribution in [0.3, 0.4) is 0 Å². The number of nitrogens with two attached hydrogens (primary N) is 2. The second kappa shape index (κ2) is 5.41. The van der Waals surface area contributed by atoms with Gasteiger partial charge in [0.25, 0.3) is 5.91 Å². The van der Waals surface area contributed by atoms with Crippen LogP contribution < -0.4 is 16.8 Å². The zero-order valence-electron chi connectivity index (χ0n) is 12.3. The number of hydrogen-bond donors (Lipinski definition) is 3. The summed E-state index contributed by atoms with van der Waals surface area (Å²) >= 11 is 0. The molecule has 0 saturated carbocycles. The van der Waals surface area contributed by atoms with Crippen LogP contribution >= 0.6 is 0 Å². The smallest absolute Gasteiger partial charge is 0.252 e. The maximum atomic E-state index is 11.3. The summed E-state index contributed by atoms with van der Waals surface area (Å²) in [5.74, 6) is -0.337. The molecule has 0 unspecified atom stereocenters. The number of aromatic nitrogens is 3. The van der Waals surface area contributed by atoms with Gasteiger partial charge in [-0.25, -0.2) is 9.50 Å². The minimum atomic E-state index is -0.624. The molecule has 0 aliphatic rings. The lowest BCUT2D eigenvalue weighted by Gasteiger charge is -2.02. The molecular weight excluding hydrogens is 296 g/mol. The first-order valence-corrected chi connectivity index (χ1v) is 6.76. The third-order valence-electron chi connectivity index (χ3n) is 3.34. The number of amides is 2. The maximum absolute atomic E-state index is 11.3. The van der Waals surface area contributed by atoms with E-state index in [1.54, 1.807) is 29.0 Å². The standard InChI is InChI=1S/C15H14N6O2/c1-8(22)20-13-3-2-9(5-18-13)10-4-12-14(16)11(15(17)23)6-19-21(12)7-10/h2-7H,16H2,1H3,(H2,17,23)(H,18,20,22). The zero-order valence-corrected chi connectivity index (χ0v) is 12.3. The molecule has 3 aromatic rings. The largest absolute Gasteiger partial charge is 0.396 e. The first kappa shape index (κ1) is 14.5. The summed E-state index contributed by atoms with van der Waals surface area (Å²) < 4.78 is 1.57. The Bertz CT molecular complexity index is 914. The molecule has 0 atom stereocenters. The highest BCUT2D eigenvalue weighted by Crippen LogP contribution is 2.26. The van der Waals surface area contributed by atoms with E-state index in [-0.39, 0.29) is 17.2 Å². The molecule has 23 heavy (non-hydrogen) atoms. The van der Waals surface area contributed by atoms with E-state index in [0.717, 1.165) is 11.1 Å². The molecule has 3 heterocycles. The van der Waals surface area contributed by atoms with Crippen molar-refractivity contribution in [2.24, 2.45) is 5.73 Å². The molecule has 0 aromatic carbocycles. The van der Waals surface area contributed by atoms with Gasteiger partial charge in [-0.05, 0) is 18.2 Å².